The largest absolute Gasteiger partial charge is 0.497 e. The van der Waals surface area contributed by atoms with Crippen LogP contribution in [-0.2, 0) is 15.1 Å². The average Bonchev–Trinajstić information content (AvgIpc) is 3.42. The Labute approximate surface area is 196 Å². The van der Waals surface area contributed by atoms with Crippen LogP contribution in [0.1, 0.15) is 34.5 Å². The van der Waals surface area contributed by atoms with Gasteiger partial charge in [0.1, 0.15) is 17.8 Å². The van der Waals surface area contributed by atoms with Crippen molar-refractivity contribution in [3.05, 3.63) is 87.6 Å². The Morgan fingerprint density at radius 2 is 1.91 bits per heavy atom. The van der Waals surface area contributed by atoms with E-state index in [0.29, 0.717) is 11.3 Å². The predicted molar refractivity (Wildman–Crippen MR) is 126 cm³/mol. The quantitative estimate of drug-likeness (QED) is 0.523. The number of amides is 4. The van der Waals surface area contributed by atoms with Crippen molar-refractivity contribution in [2.45, 2.75) is 25.4 Å². The molecule has 2 heterocycles. The SMILES string of the molecule is COc1cccc([C@]2(C)NC(=O)N(CC(=O)N[C@@H](c3ccc(C)cc3)c3cccs3)C2=O)c1. The summed E-state index contributed by atoms with van der Waals surface area (Å²) in [6.07, 6.45) is 0. The molecule has 2 atom stereocenters. The summed E-state index contributed by atoms with van der Waals surface area (Å²) in [5.41, 5.74) is 1.34. The lowest BCUT2D eigenvalue weighted by molar-refractivity contribution is -0.135. The van der Waals surface area contributed by atoms with Gasteiger partial charge in [-0.1, -0.05) is 48.0 Å². The Morgan fingerprint density at radius 1 is 1.15 bits per heavy atom. The lowest BCUT2D eigenvalue weighted by Gasteiger charge is -2.23. The standard InChI is InChI=1S/C25H25N3O4S/c1-16-9-11-17(12-10-16)22(20-8-5-13-33-20)26-21(29)15-28-23(30)25(2,27-24(28)31)18-6-4-7-19(14-18)32-3/h4-14,22H,15H2,1-3H3,(H,26,29)(H,27,31)/t22-,25-/m0/s1. The second kappa shape index (κ2) is 9.07. The van der Waals surface area contributed by atoms with Crippen LogP contribution in [0.15, 0.2) is 66.0 Å². The summed E-state index contributed by atoms with van der Waals surface area (Å²) in [5, 5.41) is 7.66. The molecule has 2 N–H and O–H groups in total. The number of hydrogen-bond donors (Lipinski definition) is 2. The molecule has 33 heavy (non-hydrogen) atoms. The van der Waals surface area contributed by atoms with Gasteiger partial charge in [0.25, 0.3) is 5.91 Å². The van der Waals surface area contributed by atoms with Crippen molar-refractivity contribution in [1.29, 1.82) is 0 Å². The highest BCUT2D eigenvalue weighted by atomic mass is 32.1. The second-order valence-electron chi connectivity index (χ2n) is 8.11. The van der Waals surface area contributed by atoms with Crippen molar-refractivity contribution in [2.24, 2.45) is 0 Å². The van der Waals surface area contributed by atoms with Crippen LogP contribution in [0.2, 0.25) is 0 Å². The van der Waals surface area contributed by atoms with E-state index in [9.17, 15) is 14.4 Å². The number of carbonyl (C=O) groups excluding carboxylic acids is 3. The van der Waals surface area contributed by atoms with Gasteiger partial charge in [-0.2, -0.15) is 0 Å². The molecule has 0 bridgehead atoms. The van der Waals surface area contributed by atoms with Crippen LogP contribution in [0.5, 0.6) is 5.75 Å². The number of urea groups is 1. The van der Waals surface area contributed by atoms with Crippen molar-refractivity contribution in [3.63, 3.8) is 0 Å². The van der Waals surface area contributed by atoms with Gasteiger partial charge in [0, 0.05) is 4.88 Å². The fourth-order valence-electron chi connectivity index (χ4n) is 3.85. The number of methoxy groups -OCH3 is 1. The van der Waals surface area contributed by atoms with E-state index in [2.05, 4.69) is 10.6 Å². The topological polar surface area (TPSA) is 87.7 Å². The molecule has 7 nitrogen and oxygen atoms in total. The molecule has 1 aromatic heterocycles. The first-order valence-corrected chi connectivity index (χ1v) is 11.4. The van der Waals surface area contributed by atoms with Gasteiger partial charge in [-0.3, -0.25) is 14.5 Å². The molecule has 2 aromatic carbocycles. The highest BCUT2D eigenvalue weighted by molar-refractivity contribution is 7.10. The molecule has 3 aromatic rings. The van der Waals surface area contributed by atoms with Gasteiger partial charge in [0.05, 0.1) is 13.2 Å². The third kappa shape index (κ3) is 4.47. The summed E-state index contributed by atoms with van der Waals surface area (Å²) >= 11 is 1.53. The molecule has 1 fully saturated rings. The molecule has 0 unspecified atom stereocenters. The van der Waals surface area contributed by atoms with E-state index < -0.39 is 23.4 Å². The molecule has 8 heteroatoms. The Morgan fingerprint density at radius 3 is 2.58 bits per heavy atom. The minimum atomic E-state index is -1.28. The molecule has 4 rings (SSSR count). The molecule has 4 amide bonds. The third-order valence-electron chi connectivity index (χ3n) is 5.77. The highest BCUT2D eigenvalue weighted by Gasteiger charge is 2.49. The lowest BCUT2D eigenvalue weighted by atomic mass is 9.92. The number of thiophene rings is 1. The predicted octanol–water partition coefficient (Wildman–Crippen LogP) is 3.74. The molecule has 0 aliphatic carbocycles. The van der Waals surface area contributed by atoms with Gasteiger partial charge >= 0.3 is 6.03 Å². The zero-order chi connectivity index (χ0) is 23.6. The van der Waals surface area contributed by atoms with Crippen molar-refractivity contribution in [1.82, 2.24) is 15.5 Å². The minimum Gasteiger partial charge on any atom is -0.497 e. The first kappa shape index (κ1) is 22.5. The first-order valence-electron chi connectivity index (χ1n) is 10.5. The molecular weight excluding hydrogens is 438 g/mol. The van der Waals surface area contributed by atoms with Crippen LogP contribution in [0.4, 0.5) is 4.79 Å². The van der Waals surface area contributed by atoms with Crippen LogP contribution in [0, 0.1) is 6.92 Å². The molecule has 1 aliphatic rings. The normalized spacial score (nSPS) is 18.7. The number of imide groups is 1. The molecule has 1 aliphatic heterocycles. The van der Waals surface area contributed by atoms with E-state index in [-0.39, 0.29) is 12.6 Å². The number of nitrogens with zero attached hydrogens (tertiary/aromatic N) is 1. The van der Waals surface area contributed by atoms with Gasteiger partial charge in [-0.15, -0.1) is 11.3 Å². The summed E-state index contributed by atoms with van der Waals surface area (Å²) in [6.45, 7) is 3.25. The molecule has 0 spiro atoms. The Balaban J connectivity index is 1.53. The Bertz CT molecular complexity index is 1180. The smallest absolute Gasteiger partial charge is 0.325 e. The fraction of sp³-hybridized carbons (Fsp3) is 0.240. The number of rotatable bonds is 7. The Hall–Kier alpha value is -3.65. The number of hydrogen-bond acceptors (Lipinski definition) is 5. The van der Waals surface area contributed by atoms with Crippen LogP contribution >= 0.6 is 11.3 Å². The molecule has 1 saturated heterocycles. The van der Waals surface area contributed by atoms with E-state index in [0.717, 1.165) is 20.9 Å². The maximum atomic E-state index is 13.2. The fourth-order valence-corrected chi connectivity index (χ4v) is 4.66. The molecular formula is C25H25N3O4S. The molecule has 0 radical (unpaired) electrons. The number of nitrogens with one attached hydrogen (secondary N) is 2. The van der Waals surface area contributed by atoms with Gasteiger partial charge in [-0.05, 0) is 48.6 Å². The van der Waals surface area contributed by atoms with Gasteiger partial charge in [-0.25, -0.2) is 4.79 Å². The summed E-state index contributed by atoms with van der Waals surface area (Å²) < 4.78 is 5.24. The monoisotopic (exact) mass is 463 g/mol. The minimum absolute atomic E-state index is 0.372. The van der Waals surface area contributed by atoms with Crippen molar-refractivity contribution in [2.75, 3.05) is 13.7 Å². The van der Waals surface area contributed by atoms with Crippen LogP contribution < -0.4 is 15.4 Å². The van der Waals surface area contributed by atoms with Crippen LogP contribution in [0.3, 0.4) is 0 Å². The summed E-state index contributed by atoms with van der Waals surface area (Å²) in [7, 11) is 1.53. The van der Waals surface area contributed by atoms with E-state index in [1.54, 1.807) is 31.2 Å². The summed E-state index contributed by atoms with van der Waals surface area (Å²) in [4.78, 5) is 40.8. The number of carbonyl (C=O) groups is 3. The molecule has 0 saturated carbocycles. The second-order valence-corrected chi connectivity index (χ2v) is 9.08. The van der Waals surface area contributed by atoms with Crippen LogP contribution in [-0.4, -0.2) is 36.4 Å². The first-order chi connectivity index (χ1) is 15.8. The maximum absolute atomic E-state index is 13.2. The highest BCUT2D eigenvalue weighted by Crippen LogP contribution is 2.31. The van der Waals surface area contributed by atoms with Gasteiger partial charge in [0.15, 0.2) is 0 Å². The lowest BCUT2D eigenvalue weighted by Crippen LogP contribution is -2.44. The van der Waals surface area contributed by atoms with E-state index in [1.807, 2.05) is 48.7 Å². The third-order valence-corrected chi connectivity index (χ3v) is 6.70. The number of ether oxygens (including phenoxy) is 1. The van der Waals surface area contributed by atoms with Crippen LogP contribution in [0.25, 0.3) is 0 Å². The average molecular weight is 464 g/mol. The Kier molecular flexibility index (Phi) is 6.20. The van der Waals surface area contributed by atoms with E-state index in [4.69, 9.17) is 4.74 Å². The number of benzene rings is 2. The van der Waals surface area contributed by atoms with Gasteiger partial charge < -0.3 is 15.4 Å². The van der Waals surface area contributed by atoms with Crippen molar-refractivity contribution in [3.8, 4) is 5.75 Å². The molecule has 170 valence electrons. The maximum Gasteiger partial charge on any atom is 0.325 e. The van der Waals surface area contributed by atoms with E-state index in [1.165, 1.54) is 18.4 Å². The summed E-state index contributed by atoms with van der Waals surface area (Å²) in [6, 6.07) is 17.7. The van der Waals surface area contributed by atoms with Crippen molar-refractivity contribution < 1.29 is 19.1 Å². The zero-order valence-corrected chi connectivity index (χ0v) is 19.4. The summed E-state index contributed by atoms with van der Waals surface area (Å²) in [5.74, 6) is -0.338. The number of aryl methyl sites for hydroxylation is 1. The van der Waals surface area contributed by atoms with Crippen molar-refractivity contribution >= 4 is 29.2 Å². The van der Waals surface area contributed by atoms with E-state index >= 15 is 0 Å². The van der Waals surface area contributed by atoms with Gasteiger partial charge in [0.2, 0.25) is 5.91 Å². The zero-order valence-electron chi connectivity index (χ0n) is 18.6.